The summed E-state index contributed by atoms with van der Waals surface area (Å²) in [6.45, 7) is 8.79. The quantitative estimate of drug-likeness (QED) is 0.520. The van der Waals surface area contributed by atoms with E-state index in [4.69, 9.17) is 14.2 Å². The topological polar surface area (TPSA) is 27.7 Å². The number of benzene rings is 1. The molecule has 0 amide bonds. The molecule has 0 aliphatic rings. The average Bonchev–Trinajstić information content (AvgIpc) is 2.42. The second kappa shape index (κ2) is 14.0. The lowest BCUT2D eigenvalue weighted by Crippen LogP contribution is -1.97. The summed E-state index contributed by atoms with van der Waals surface area (Å²) in [4.78, 5) is 0. The van der Waals surface area contributed by atoms with Gasteiger partial charge in [0.15, 0.2) is 0 Å². The molecule has 1 rings (SSSR count). The van der Waals surface area contributed by atoms with Gasteiger partial charge in [0.25, 0.3) is 0 Å². The van der Waals surface area contributed by atoms with Gasteiger partial charge in [-0.2, -0.15) is 0 Å². The number of para-hydroxylation sites is 1. The SMILES string of the molecule is CCCCOc1ccccc1.CCOCOCC. The molecule has 0 heterocycles. The molecule has 3 heteroatoms. The third-order valence-corrected chi connectivity index (χ3v) is 2.08. The van der Waals surface area contributed by atoms with Crippen LogP contribution in [-0.4, -0.2) is 26.6 Å². The van der Waals surface area contributed by atoms with Gasteiger partial charge in [-0.25, -0.2) is 0 Å². The molecule has 104 valence electrons. The Bertz CT molecular complexity index is 245. The molecule has 0 fully saturated rings. The van der Waals surface area contributed by atoms with Crippen LogP contribution >= 0.6 is 0 Å². The molecule has 3 nitrogen and oxygen atoms in total. The predicted octanol–water partition coefficient (Wildman–Crippen LogP) is 3.88. The Hall–Kier alpha value is -1.06. The molecule has 0 aliphatic heterocycles. The molecule has 0 radical (unpaired) electrons. The first-order valence-corrected chi connectivity index (χ1v) is 6.68. The number of hydrogen-bond acceptors (Lipinski definition) is 3. The molecule has 0 atom stereocenters. The summed E-state index contributed by atoms with van der Waals surface area (Å²) >= 11 is 0. The van der Waals surface area contributed by atoms with Crippen LogP contribution in [0.4, 0.5) is 0 Å². The minimum atomic E-state index is 0.438. The van der Waals surface area contributed by atoms with Crippen molar-refractivity contribution in [3.05, 3.63) is 30.3 Å². The van der Waals surface area contributed by atoms with Gasteiger partial charge in [-0.1, -0.05) is 31.5 Å². The van der Waals surface area contributed by atoms with E-state index in [-0.39, 0.29) is 0 Å². The maximum Gasteiger partial charge on any atom is 0.146 e. The van der Waals surface area contributed by atoms with Crippen LogP contribution in [0.25, 0.3) is 0 Å². The van der Waals surface area contributed by atoms with Gasteiger partial charge in [0, 0.05) is 13.2 Å². The first-order chi connectivity index (χ1) is 8.85. The van der Waals surface area contributed by atoms with Crippen LogP contribution in [-0.2, 0) is 9.47 Å². The van der Waals surface area contributed by atoms with Gasteiger partial charge < -0.3 is 14.2 Å². The fourth-order valence-electron chi connectivity index (χ4n) is 1.08. The molecule has 0 saturated carbocycles. The fourth-order valence-corrected chi connectivity index (χ4v) is 1.08. The molecular weight excluding hydrogens is 228 g/mol. The van der Waals surface area contributed by atoms with Crippen LogP contribution in [0, 0.1) is 0 Å². The van der Waals surface area contributed by atoms with Gasteiger partial charge in [0.2, 0.25) is 0 Å². The monoisotopic (exact) mass is 254 g/mol. The highest BCUT2D eigenvalue weighted by molar-refractivity contribution is 5.20. The number of unbranched alkanes of at least 4 members (excludes halogenated alkanes) is 1. The summed E-state index contributed by atoms with van der Waals surface area (Å²) in [6.07, 6.45) is 2.32. The van der Waals surface area contributed by atoms with Crippen LogP contribution < -0.4 is 4.74 Å². The van der Waals surface area contributed by atoms with E-state index in [2.05, 4.69) is 6.92 Å². The van der Waals surface area contributed by atoms with Crippen molar-refractivity contribution in [3.63, 3.8) is 0 Å². The zero-order valence-electron chi connectivity index (χ0n) is 11.9. The third-order valence-electron chi connectivity index (χ3n) is 2.08. The lowest BCUT2D eigenvalue weighted by molar-refractivity contribution is -0.0445. The number of ether oxygens (including phenoxy) is 3. The zero-order valence-corrected chi connectivity index (χ0v) is 11.9. The zero-order chi connectivity index (χ0) is 13.5. The lowest BCUT2D eigenvalue weighted by Gasteiger charge is -2.03. The van der Waals surface area contributed by atoms with Gasteiger partial charge in [-0.15, -0.1) is 0 Å². The van der Waals surface area contributed by atoms with Gasteiger partial charge in [0.05, 0.1) is 6.61 Å². The van der Waals surface area contributed by atoms with Gasteiger partial charge in [-0.05, 0) is 32.4 Å². The van der Waals surface area contributed by atoms with E-state index in [1.807, 2.05) is 44.2 Å². The highest BCUT2D eigenvalue weighted by Crippen LogP contribution is 2.08. The Labute approximate surface area is 111 Å². The molecule has 0 aromatic heterocycles. The van der Waals surface area contributed by atoms with E-state index in [0.717, 1.165) is 32.0 Å². The lowest BCUT2D eigenvalue weighted by atomic mass is 10.3. The van der Waals surface area contributed by atoms with E-state index < -0.39 is 0 Å². The van der Waals surface area contributed by atoms with Crippen molar-refractivity contribution in [2.75, 3.05) is 26.6 Å². The minimum absolute atomic E-state index is 0.438. The van der Waals surface area contributed by atoms with Crippen molar-refractivity contribution in [1.29, 1.82) is 0 Å². The van der Waals surface area contributed by atoms with Crippen molar-refractivity contribution < 1.29 is 14.2 Å². The first-order valence-electron chi connectivity index (χ1n) is 6.68. The Morgan fingerprint density at radius 2 is 1.50 bits per heavy atom. The molecule has 1 aromatic rings. The van der Waals surface area contributed by atoms with Crippen molar-refractivity contribution in [3.8, 4) is 5.75 Å². The maximum absolute atomic E-state index is 5.45. The van der Waals surface area contributed by atoms with E-state index in [1.54, 1.807) is 0 Å². The van der Waals surface area contributed by atoms with Crippen LogP contribution in [0.5, 0.6) is 5.75 Å². The number of hydrogen-bond donors (Lipinski definition) is 0. The van der Waals surface area contributed by atoms with E-state index in [0.29, 0.717) is 6.79 Å². The fraction of sp³-hybridized carbons (Fsp3) is 0.600. The van der Waals surface area contributed by atoms with Crippen LogP contribution in [0.3, 0.4) is 0 Å². The Morgan fingerprint density at radius 1 is 0.889 bits per heavy atom. The molecule has 0 aliphatic carbocycles. The third kappa shape index (κ3) is 11.4. The van der Waals surface area contributed by atoms with E-state index in [9.17, 15) is 0 Å². The van der Waals surface area contributed by atoms with Crippen LogP contribution in [0.2, 0.25) is 0 Å². The van der Waals surface area contributed by atoms with Crippen LogP contribution in [0.1, 0.15) is 33.6 Å². The summed E-state index contributed by atoms with van der Waals surface area (Å²) in [5, 5.41) is 0. The molecule has 0 spiro atoms. The van der Waals surface area contributed by atoms with Crippen molar-refractivity contribution in [2.45, 2.75) is 33.6 Å². The standard InChI is InChI=1S/C10H14O.C5H12O2/c1-2-3-9-11-10-7-5-4-6-8-10;1-3-6-5-7-4-2/h4-8H,2-3,9H2,1H3;3-5H2,1-2H3. The molecule has 18 heavy (non-hydrogen) atoms. The summed E-state index contributed by atoms with van der Waals surface area (Å²) in [6, 6.07) is 9.93. The normalized spacial score (nSPS) is 9.50. The minimum Gasteiger partial charge on any atom is -0.494 e. The van der Waals surface area contributed by atoms with E-state index in [1.165, 1.54) is 6.42 Å². The molecule has 0 N–H and O–H groups in total. The smallest absolute Gasteiger partial charge is 0.146 e. The van der Waals surface area contributed by atoms with Crippen molar-refractivity contribution >= 4 is 0 Å². The molecule has 1 aromatic carbocycles. The average molecular weight is 254 g/mol. The highest BCUT2D eigenvalue weighted by Gasteiger charge is 1.88. The molecule has 0 unspecified atom stereocenters. The molecule has 0 saturated heterocycles. The second-order valence-corrected chi connectivity index (χ2v) is 3.62. The van der Waals surface area contributed by atoms with Gasteiger partial charge in [-0.3, -0.25) is 0 Å². The van der Waals surface area contributed by atoms with Crippen molar-refractivity contribution in [2.24, 2.45) is 0 Å². The second-order valence-electron chi connectivity index (χ2n) is 3.62. The maximum atomic E-state index is 5.45. The molecule has 0 bridgehead atoms. The largest absolute Gasteiger partial charge is 0.494 e. The summed E-state index contributed by atoms with van der Waals surface area (Å²) in [5.74, 6) is 0.973. The summed E-state index contributed by atoms with van der Waals surface area (Å²) in [5.41, 5.74) is 0. The predicted molar refractivity (Wildman–Crippen MR) is 75.0 cm³/mol. The highest BCUT2D eigenvalue weighted by atomic mass is 16.7. The van der Waals surface area contributed by atoms with E-state index >= 15 is 0 Å². The molecular formula is C15H26O3. The Morgan fingerprint density at radius 3 is 2.00 bits per heavy atom. The van der Waals surface area contributed by atoms with Crippen molar-refractivity contribution in [1.82, 2.24) is 0 Å². The first kappa shape index (κ1) is 16.9. The summed E-state index contributed by atoms with van der Waals surface area (Å²) < 4.78 is 15.1. The van der Waals surface area contributed by atoms with Gasteiger partial charge >= 0.3 is 0 Å². The summed E-state index contributed by atoms with van der Waals surface area (Å²) in [7, 11) is 0. The Balaban J connectivity index is 0.000000360. The Kier molecular flexibility index (Phi) is 13.2. The van der Waals surface area contributed by atoms with Crippen LogP contribution in [0.15, 0.2) is 30.3 Å². The van der Waals surface area contributed by atoms with Gasteiger partial charge in [0.1, 0.15) is 12.5 Å². The number of rotatable bonds is 8.